The van der Waals surface area contributed by atoms with E-state index in [-0.39, 0.29) is 0 Å². The first-order valence-corrected chi connectivity index (χ1v) is 6.59. The molecule has 102 valence electrons. The lowest BCUT2D eigenvalue weighted by Gasteiger charge is -2.11. The minimum absolute atomic E-state index is 0.660. The van der Waals surface area contributed by atoms with Crippen molar-refractivity contribution in [1.29, 1.82) is 0 Å². The van der Waals surface area contributed by atoms with E-state index in [0.29, 0.717) is 13.2 Å². The third kappa shape index (κ3) is 2.42. The lowest BCUT2D eigenvalue weighted by molar-refractivity contribution is 0.337. The van der Waals surface area contributed by atoms with Crippen molar-refractivity contribution in [2.45, 2.75) is 13.5 Å². The second kappa shape index (κ2) is 5.61. The summed E-state index contributed by atoms with van der Waals surface area (Å²) in [6, 6.07) is 8.01. The molecular weight excluding hydrogens is 252 g/mol. The maximum Gasteiger partial charge on any atom is 0.152 e. The molecule has 2 heterocycles. The molecule has 0 aliphatic rings. The lowest BCUT2D eigenvalue weighted by atomic mass is 10.2. The predicted octanol–water partition coefficient (Wildman–Crippen LogP) is 2.74. The number of imidazole rings is 1. The van der Waals surface area contributed by atoms with Crippen LogP contribution in [-0.2, 0) is 6.54 Å². The van der Waals surface area contributed by atoms with E-state index in [4.69, 9.17) is 4.74 Å². The Morgan fingerprint density at radius 2 is 2.20 bits per heavy atom. The first-order valence-electron chi connectivity index (χ1n) is 6.59. The van der Waals surface area contributed by atoms with Gasteiger partial charge in [-0.25, -0.2) is 9.97 Å². The summed E-state index contributed by atoms with van der Waals surface area (Å²) in [5.41, 5.74) is 2.07. The summed E-state index contributed by atoms with van der Waals surface area (Å²) in [7, 11) is 0. The van der Waals surface area contributed by atoms with E-state index in [1.54, 1.807) is 18.7 Å². The van der Waals surface area contributed by atoms with Crippen LogP contribution >= 0.6 is 0 Å². The van der Waals surface area contributed by atoms with Crippen molar-refractivity contribution in [3.8, 4) is 5.75 Å². The largest absolute Gasteiger partial charge is 0.494 e. The molecule has 1 aromatic carbocycles. The van der Waals surface area contributed by atoms with E-state index >= 15 is 0 Å². The Bertz CT molecular complexity index is 708. The van der Waals surface area contributed by atoms with E-state index < -0.39 is 0 Å². The molecule has 3 rings (SSSR count). The van der Waals surface area contributed by atoms with Gasteiger partial charge < -0.3 is 14.5 Å². The van der Waals surface area contributed by atoms with Crippen LogP contribution in [-0.4, -0.2) is 21.0 Å². The highest BCUT2D eigenvalue weighted by molar-refractivity contribution is 5.66. The van der Waals surface area contributed by atoms with Gasteiger partial charge in [-0.2, -0.15) is 0 Å². The molecule has 20 heavy (non-hydrogen) atoms. The number of para-hydroxylation sites is 1. The van der Waals surface area contributed by atoms with Gasteiger partial charge in [-0.1, -0.05) is 18.2 Å². The Labute approximate surface area is 117 Å². The number of hydrogen-bond acceptors (Lipinski definition) is 4. The van der Waals surface area contributed by atoms with E-state index in [0.717, 1.165) is 22.6 Å². The molecular formula is C15H16N4O. The van der Waals surface area contributed by atoms with Gasteiger partial charge in [0.1, 0.15) is 11.3 Å². The van der Waals surface area contributed by atoms with E-state index in [9.17, 15) is 0 Å². The summed E-state index contributed by atoms with van der Waals surface area (Å²) in [4.78, 5) is 8.48. The van der Waals surface area contributed by atoms with Crippen molar-refractivity contribution < 1.29 is 4.74 Å². The summed E-state index contributed by atoms with van der Waals surface area (Å²) in [5.74, 6) is 1.72. The number of benzene rings is 1. The lowest BCUT2D eigenvalue weighted by Crippen LogP contribution is -2.05. The summed E-state index contributed by atoms with van der Waals surface area (Å²) in [6.45, 7) is 3.31. The number of fused-ring (bicyclic) bond motifs is 1. The molecule has 0 spiro atoms. The monoisotopic (exact) mass is 268 g/mol. The first-order chi connectivity index (χ1) is 9.88. The van der Waals surface area contributed by atoms with E-state index in [2.05, 4.69) is 21.4 Å². The standard InChI is InChI=1S/C15H16N4O/c1-2-20-14-6-4-3-5-12(14)9-18-15-13-10-16-11-19(13)8-7-17-15/h3-8,10-11H,2,9H2,1H3,(H,17,18). The fraction of sp³-hybridized carbons (Fsp3) is 0.200. The maximum absolute atomic E-state index is 5.62. The van der Waals surface area contributed by atoms with Gasteiger partial charge in [-0.15, -0.1) is 0 Å². The molecule has 0 saturated heterocycles. The molecule has 5 nitrogen and oxygen atoms in total. The molecule has 0 radical (unpaired) electrons. The van der Waals surface area contributed by atoms with E-state index in [1.165, 1.54) is 0 Å². The molecule has 0 saturated carbocycles. The summed E-state index contributed by atoms with van der Waals surface area (Å²) < 4.78 is 7.55. The average Bonchev–Trinajstić information content (AvgIpc) is 2.96. The van der Waals surface area contributed by atoms with Crippen LogP contribution in [0.5, 0.6) is 5.75 Å². The molecule has 5 heteroatoms. The maximum atomic E-state index is 5.62. The number of hydrogen-bond donors (Lipinski definition) is 1. The van der Waals surface area contributed by atoms with Crippen LogP contribution in [0.15, 0.2) is 49.2 Å². The van der Waals surface area contributed by atoms with Gasteiger partial charge in [0, 0.05) is 24.5 Å². The third-order valence-corrected chi connectivity index (χ3v) is 3.06. The number of anilines is 1. The second-order valence-corrected chi connectivity index (χ2v) is 4.36. The molecule has 0 unspecified atom stereocenters. The SMILES string of the molecule is CCOc1ccccc1CNc1nccn2cncc12. The van der Waals surface area contributed by atoms with Gasteiger partial charge in [-0.3, -0.25) is 0 Å². The van der Waals surface area contributed by atoms with Gasteiger partial charge in [0.2, 0.25) is 0 Å². The van der Waals surface area contributed by atoms with Crippen molar-refractivity contribution >= 4 is 11.3 Å². The zero-order valence-electron chi connectivity index (χ0n) is 11.3. The summed E-state index contributed by atoms with van der Waals surface area (Å²) in [5, 5.41) is 3.34. The average molecular weight is 268 g/mol. The van der Waals surface area contributed by atoms with Crippen LogP contribution in [0.3, 0.4) is 0 Å². The predicted molar refractivity (Wildman–Crippen MR) is 77.9 cm³/mol. The van der Waals surface area contributed by atoms with Crippen molar-refractivity contribution in [3.63, 3.8) is 0 Å². The van der Waals surface area contributed by atoms with Crippen molar-refractivity contribution in [1.82, 2.24) is 14.4 Å². The topological polar surface area (TPSA) is 51.5 Å². The fourth-order valence-electron chi connectivity index (χ4n) is 2.11. The molecule has 1 N–H and O–H groups in total. The number of aromatic nitrogens is 3. The molecule has 0 aliphatic heterocycles. The normalized spacial score (nSPS) is 10.7. The van der Waals surface area contributed by atoms with Gasteiger partial charge in [0.25, 0.3) is 0 Å². The second-order valence-electron chi connectivity index (χ2n) is 4.36. The highest BCUT2D eigenvalue weighted by Crippen LogP contribution is 2.20. The van der Waals surface area contributed by atoms with E-state index in [1.807, 2.05) is 35.7 Å². The number of nitrogens with zero attached hydrogens (tertiary/aromatic N) is 3. The number of ether oxygens (including phenoxy) is 1. The molecule has 0 atom stereocenters. The van der Waals surface area contributed by atoms with Crippen LogP contribution in [0.2, 0.25) is 0 Å². The van der Waals surface area contributed by atoms with Gasteiger partial charge >= 0.3 is 0 Å². The number of nitrogens with one attached hydrogen (secondary N) is 1. The van der Waals surface area contributed by atoms with Crippen molar-refractivity contribution in [3.05, 3.63) is 54.7 Å². The minimum Gasteiger partial charge on any atom is -0.494 e. The zero-order chi connectivity index (χ0) is 13.8. The van der Waals surface area contributed by atoms with Crippen molar-refractivity contribution in [2.24, 2.45) is 0 Å². The third-order valence-electron chi connectivity index (χ3n) is 3.06. The highest BCUT2D eigenvalue weighted by atomic mass is 16.5. The van der Waals surface area contributed by atoms with Gasteiger partial charge in [0.05, 0.1) is 19.1 Å². The molecule has 3 aromatic rings. The highest BCUT2D eigenvalue weighted by Gasteiger charge is 2.05. The van der Waals surface area contributed by atoms with Crippen LogP contribution in [0, 0.1) is 0 Å². The molecule has 0 bridgehead atoms. The van der Waals surface area contributed by atoms with Crippen molar-refractivity contribution in [2.75, 3.05) is 11.9 Å². The van der Waals surface area contributed by atoms with Gasteiger partial charge in [0.15, 0.2) is 5.82 Å². The summed E-state index contributed by atoms with van der Waals surface area (Å²) in [6.07, 6.45) is 7.19. The Morgan fingerprint density at radius 1 is 1.30 bits per heavy atom. The molecule has 0 aliphatic carbocycles. The number of rotatable bonds is 5. The zero-order valence-corrected chi connectivity index (χ0v) is 11.3. The molecule has 2 aromatic heterocycles. The van der Waals surface area contributed by atoms with Gasteiger partial charge in [-0.05, 0) is 13.0 Å². The minimum atomic E-state index is 0.660. The Hall–Kier alpha value is -2.56. The molecule has 0 fully saturated rings. The Balaban J connectivity index is 1.81. The first kappa shape index (κ1) is 12.5. The fourth-order valence-corrected chi connectivity index (χ4v) is 2.11. The van der Waals surface area contributed by atoms with Crippen LogP contribution in [0.1, 0.15) is 12.5 Å². The Kier molecular flexibility index (Phi) is 3.50. The summed E-state index contributed by atoms with van der Waals surface area (Å²) >= 11 is 0. The van der Waals surface area contributed by atoms with Crippen LogP contribution in [0.25, 0.3) is 5.52 Å². The molecule has 0 amide bonds. The smallest absolute Gasteiger partial charge is 0.152 e. The van der Waals surface area contributed by atoms with Crippen LogP contribution in [0.4, 0.5) is 5.82 Å². The quantitative estimate of drug-likeness (QED) is 0.773. The van der Waals surface area contributed by atoms with Crippen LogP contribution < -0.4 is 10.1 Å². The Morgan fingerprint density at radius 3 is 3.10 bits per heavy atom.